The Balaban J connectivity index is 2.23. The fourth-order valence-corrected chi connectivity index (χ4v) is 2.97. The first-order valence-corrected chi connectivity index (χ1v) is 8.02. The number of thioether (sulfide) groups is 1. The number of carboxylic acids is 1. The summed E-state index contributed by atoms with van der Waals surface area (Å²) in [6.45, 7) is 1.75. The van der Waals surface area contributed by atoms with Gasteiger partial charge in [0.05, 0.1) is 5.75 Å². The first-order chi connectivity index (χ1) is 9.52. The minimum Gasteiger partial charge on any atom is -0.480 e. The summed E-state index contributed by atoms with van der Waals surface area (Å²) >= 11 is 1.03. The van der Waals surface area contributed by atoms with Gasteiger partial charge in [0.25, 0.3) is 0 Å². The van der Waals surface area contributed by atoms with Crippen molar-refractivity contribution in [1.29, 1.82) is 0 Å². The molecule has 0 spiro atoms. The van der Waals surface area contributed by atoms with Gasteiger partial charge in [-0.2, -0.15) is 0 Å². The highest BCUT2D eigenvalue weighted by molar-refractivity contribution is 8.01. The van der Waals surface area contributed by atoms with E-state index in [0.29, 0.717) is 6.42 Å². The topological polar surface area (TPSA) is 95.5 Å². The van der Waals surface area contributed by atoms with E-state index < -0.39 is 23.2 Å². The number of urea groups is 1. The lowest BCUT2D eigenvalue weighted by Gasteiger charge is -2.22. The van der Waals surface area contributed by atoms with Crippen LogP contribution in [0.15, 0.2) is 0 Å². The molecule has 3 N–H and O–H groups in total. The summed E-state index contributed by atoms with van der Waals surface area (Å²) in [5, 5.41) is 13.3. The predicted molar refractivity (Wildman–Crippen MR) is 77.7 cm³/mol. The first kappa shape index (κ1) is 16.8. The zero-order valence-corrected chi connectivity index (χ0v) is 12.5. The van der Waals surface area contributed by atoms with Gasteiger partial charge in [-0.3, -0.25) is 14.9 Å². The van der Waals surface area contributed by atoms with E-state index in [1.54, 1.807) is 6.92 Å². The van der Waals surface area contributed by atoms with Gasteiger partial charge < -0.3 is 10.4 Å². The third-order valence-electron chi connectivity index (χ3n) is 3.26. The lowest BCUT2D eigenvalue weighted by atomic mass is 9.96. The Morgan fingerprint density at radius 3 is 2.45 bits per heavy atom. The minimum atomic E-state index is -0.933. The maximum atomic E-state index is 11.6. The van der Waals surface area contributed by atoms with E-state index in [9.17, 15) is 14.4 Å². The molecule has 1 fully saturated rings. The summed E-state index contributed by atoms with van der Waals surface area (Å²) in [5.74, 6) is -1.41. The van der Waals surface area contributed by atoms with E-state index >= 15 is 0 Å². The molecule has 0 radical (unpaired) electrons. The number of rotatable bonds is 6. The number of carbonyl (C=O) groups excluding carboxylic acids is 2. The summed E-state index contributed by atoms with van der Waals surface area (Å²) in [6.07, 6.45) is 5.75. The molecule has 0 aromatic rings. The summed E-state index contributed by atoms with van der Waals surface area (Å²) in [7, 11) is 0. The Hall–Kier alpha value is -1.24. The van der Waals surface area contributed by atoms with E-state index in [1.807, 2.05) is 0 Å². The van der Waals surface area contributed by atoms with E-state index in [1.165, 1.54) is 6.42 Å². The van der Waals surface area contributed by atoms with Crippen LogP contribution >= 0.6 is 11.8 Å². The van der Waals surface area contributed by atoms with Crippen LogP contribution in [-0.4, -0.2) is 40.1 Å². The number of aliphatic carboxylic acids is 1. The van der Waals surface area contributed by atoms with Crippen molar-refractivity contribution in [2.24, 2.45) is 0 Å². The van der Waals surface area contributed by atoms with Gasteiger partial charge in [0.2, 0.25) is 5.91 Å². The van der Waals surface area contributed by atoms with Gasteiger partial charge >= 0.3 is 12.0 Å². The van der Waals surface area contributed by atoms with Crippen LogP contribution in [0.2, 0.25) is 0 Å². The fourth-order valence-electron chi connectivity index (χ4n) is 2.17. The Morgan fingerprint density at radius 1 is 1.25 bits per heavy atom. The summed E-state index contributed by atoms with van der Waals surface area (Å²) in [4.78, 5) is 33.9. The van der Waals surface area contributed by atoms with Crippen LogP contribution < -0.4 is 10.6 Å². The molecule has 0 aliphatic heterocycles. The Kier molecular flexibility index (Phi) is 7.43. The van der Waals surface area contributed by atoms with Gasteiger partial charge in [-0.25, -0.2) is 4.79 Å². The van der Waals surface area contributed by atoms with Gasteiger partial charge in [-0.1, -0.05) is 26.2 Å². The molecule has 6 nitrogen and oxygen atoms in total. The number of amides is 3. The van der Waals surface area contributed by atoms with Gasteiger partial charge in [0, 0.05) is 6.04 Å². The first-order valence-electron chi connectivity index (χ1n) is 6.97. The van der Waals surface area contributed by atoms with Gasteiger partial charge in [-0.05, 0) is 19.3 Å². The Morgan fingerprint density at radius 2 is 1.90 bits per heavy atom. The number of hydrogen-bond donors (Lipinski definition) is 3. The SMILES string of the molecule is CCC(SCC(=O)NC(=O)NC1CCCCC1)C(=O)O. The predicted octanol–water partition coefficient (Wildman–Crippen LogP) is 1.74. The van der Waals surface area contributed by atoms with Crippen molar-refractivity contribution >= 4 is 29.7 Å². The molecule has 1 rings (SSSR count). The average Bonchev–Trinajstić information content (AvgIpc) is 2.39. The minimum absolute atomic E-state index is 0.0249. The molecule has 114 valence electrons. The van der Waals surface area contributed by atoms with E-state index in [2.05, 4.69) is 10.6 Å². The molecule has 1 aliphatic rings. The maximum Gasteiger partial charge on any atom is 0.321 e. The zero-order valence-electron chi connectivity index (χ0n) is 11.7. The number of imide groups is 1. The third-order valence-corrected chi connectivity index (χ3v) is 4.62. The molecule has 0 saturated heterocycles. The number of hydrogen-bond acceptors (Lipinski definition) is 4. The largest absolute Gasteiger partial charge is 0.480 e. The zero-order chi connectivity index (χ0) is 15.0. The van der Waals surface area contributed by atoms with E-state index in [0.717, 1.165) is 37.4 Å². The smallest absolute Gasteiger partial charge is 0.321 e. The second-order valence-corrected chi connectivity index (χ2v) is 6.09. The summed E-state index contributed by atoms with van der Waals surface area (Å²) in [5.41, 5.74) is 0. The van der Waals surface area contributed by atoms with Crippen LogP contribution in [0.4, 0.5) is 4.79 Å². The van der Waals surface area contributed by atoms with Crippen molar-refractivity contribution in [2.75, 3.05) is 5.75 Å². The van der Waals surface area contributed by atoms with Crippen molar-refractivity contribution < 1.29 is 19.5 Å². The molecule has 0 bridgehead atoms. The Labute approximate surface area is 123 Å². The normalized spacial score (nSPS) is 17.2. The summed E-state index contributed by atoms with van der Waals surface area (Å²) < 4.78 is 0. The van der Waals surface area contributed by atoms with Gasteiger partial charge in [0.15, 0.2) is 0 Å². The summed E-state index contributed by atoms with van der Waals surface area (Å²) in [6, 6.07) is -0.336. The molecular formula is C13H22N2O4S. The van der Waals surface area contributed by atoms with Crippen LogP contribution in [0.1, 0.15) is 45.4 Å². The van der Waals surface area contributed by atoms with Crippen molar-refractivity contribution in [2.45, 2.75) is 56.7 Å². The number of carbonyl (C=O) groups is 3. The van der Waals surface area contributed by atoms with Crippen molar-refractivity contribution in [3.8, 4) is 0 Å². The maximum absolute atomic E-state index is 11.6. The number of nitrogens with one attached hydrogen (secondary N) is 2. The van der Waals surface area contributed by atoms with Crippen molar-refractivity contribution in [3.63, 3.8) is 0 Å². The van der Waals surface area contributed by atoms with Crippen molar-refractivity contribution in [3.05, 3.63) is 0 Å². The molecule has 3 amide bonds. The number of carboxylic acid groups (broad SMARTS) is 1. The van der Waals surface area contributed by atoms with Crippen LogP contribution in [0, 0.1) is 0 Å². The quantitative estimate of drug-likeness (QED) is 0.694. The van der Waals surface area contributed by atoms with E-state index in [4.69, 9.17) is 5.11 Å². The molecular weight excluding hydrogens is 280 g/mol. The second-order valence-electron chi connectivity index (χ2n) is 4.90. The van der Waals surface area contributed by atoms with Crippen LogP contribution in [0.25, 0.3) is 0 Å². The molecule has 20 heavy (non-hydrogen) atoms. The lowest BCUT2D eigenvalue weighted by Crippen LogP contribution is -2.45. The monoisotopic (exact) mass is 302 g/mol. The van der Waals surface area contributed by atoms with Crippen LogP contribution in [0.3, 0.4) is 0 Å². The second kappa shape index (κ2) is 8.84. The third kappa shape index (κ3) is 6.27. The average molecular weight is 302 g/mol. The molecule has 1 saturated carbocycles. The molecule has 0 heterocycles. The van der Waals surface area contributed by atoms with Gasteiger partial charge in [0.1, 0.15) is 5.25 Å². The molecule has 0 aromatic heterocycles. The lowest BCUT2D eigenvalue weighted by molar-refractivity contribution is -0.136. The molecule has 1 atom stereocenters. The Bertz CT molecular complexity index is 356. The molecule has 1 unspecified atom stereocenters. The van der Waals surface area contributed by atoms with Crippen LogP contribution in [0.5, 0.6) is 0 Å². The molecule has 0 aromatic carbocycles. The highest BCUT2D eigenvalue weighted by Crippen LogP contribution is 2.17. The van der Waals surface area contributed by atoms with Crippen LogP contribution in [-0.2, 0) is 9.59 Å². The molecule has 7 heteroatoms. The fraction of sp³-hybridized carbons (Fsp3) is 0.769. The molecule has 1 aliphatic carbocycles. The van der Waals surface area contributed by atoms with E-state index in [-0.39, 0.29) is 11.8 Å². The highest BCUT2D eigenvalue weighted by Gasteiger charge is 2.19. The standard InChI is InChI=1S/C13H22N2O4S/c1-2-10(12(17)18)20-8-11(16)15-13(19)14-9-6-4-3-5-7-9/h9-10H,2-8H2,1H3,(H,17,18)(H2,14,15,16,19). The van der Waals surface area contributed by atoms with Gasteiger partial charge in [-0.15, -0.1) is 11.8 Å². The van der Waals surface area contributed by atoms with Crippen molar-refractivity contribution in [1.82, 2.24) is 10.6 Å². The highest BCUT2D eigenvalue weighted by atomic mass is 32.2.